The molecule has 0 saturated carbocycles. The fourth-order valence-corrected chi connectivity index (χ4v) is 3.99. The molecule has 9 heteroatoms. The fraction of sp³-hybridized carbons (Fsp3) is 0.812. The lowest BCUT2D eigenvalue weighted by Gasteiger charge is -2.02. The standard InChI is InChI=1S/C16H28IN3O3S2/c17-25-23-11-10-20-14-15(18-19-20)8-6-4-2-1-3-5-7-12-24-13-9-16(21)22/h14H,1-13H2,(H,21,22). The van der Waals surface area contributed by atoms with Crippen molar-refractivity contribution in [2.75, 3.05) is 18.1 Å². The summed E-state index contributed by atoms with van der Waals surface area (Å²) in [7, 11) is 1.34. The summed E-state index contributed by atoms with van der Waals surface area (Å²) >= 11 is 3.86. The lowest BCUT2D eigenvalue weighted by molar-refractivity contribution is -0.136. The van der Waals surface area contributed by atoms with E-state index in [9.17, 15) is 4.79 Å². The lowest BCUT2D eigenvalue weighted by atomic mass is 10.1. The molecule has 0 saturated heterocycles. The maximum absolute atomic E-state index is 10.4. The van der Waals surface area contributed by atoms with Gasteiger partial charge in [-0.3, -0.25) is 4.79 Å². The Morgan fingerprint density at radius 1 is 1.16 bits per heavy atom. The van der Waals surface area contributed by atoms with Crippen LogP contribution in [0.15, 0.2) is 6.20 Å². The van der Waals surface area contributed by atoms with Gasteiger partial charge in [-0.2, -0.15) is 11.8 Å². The zero-order valence-electron chi connectivity index (χ0n) is 14.6. The Kier molecular flexibility index (Phi) is 14.9. The number of nitrogens with zero attached hydrogens (tertiary/aromatic N) is 3. The fourth-order valence-electron chi connectivity index (χ4n) is 2.38. The maximum atomic E-state index is 10.4. The van der Waals surface area contributed by atoms with Crippen molar-refractivity contribution in [3.63, 3.8) is 0 Å². The van der Waals surface area contributed by atoms with Crippen LogP contribution < -0.4 is 0 Å². The molecule has 25 heavy (non-hydrogen) atoms. The van der Waals surface area contributed by atoms with Crippen LogP contribution in [0.4, 0.5) is 0 Å². The molecule has 1 aromatic rings. The zero-order chi connectivity index (χ0) is 18.2. The van der Waals surface area contributed by atoms with E-state index in [1.54, 1.807) is 11.8 Å². The summed E-state index contributed by atoms with van der Waals surface area (Å²) in [4.78, 5) is 10.4. The molecule has 0 aliphatic rings. The molecule has 1 aromatic heterocycles. The van der Waals surface area contributed by atoms with Crippen LogP contribution in [0.3, 0.4) is 0 Å². The number of carbonyl (C=O) groups is 1. The lowest BCUT2D eigenvalue weighted by Crippen LogP contribution is -2.03. The van der Waals surface area contributed by atoms with E-state index in [0.717, 1.165) is 30.2 Å². The molecule has 0 fully saturated rings. The van der Waals surface area contributed by atoms with Crippen LogP contribution in [0, 0.1) is 0 Å². The van der Waals surface area contributed by atoms with E-state index < -0.39 is 5.97 Å². The minimum absolute atomic E-state index is 0.281. The summed E-state index contributed by atoms with van der Waals surface area (Å²) in [6.07, 6.45) is 12.0. The number of thioether (sulfide) groups is 1. The van der Waals surface area contributed by atoms with E-state index in [4.69, 9.17) is 9.29 Å². The average Bonchev–Trinajstić information content (AvgIpc) is 3.03. The highest BCUT2D eigenvalue weighted by molar-refractivity contribution is 14.2. The Morgan fingerprint density at radius 3 is 2.60 bits per heavy atom. The molecule has 0 unspecified atom stereocenters. The number of halogens is 1. The minimum atomic E-state index is -0.695. The van der Waals surface area contributed by atoms with Crippen LogP contribution >= 0.6 is 42.2 Å². The number of hydrogen-bond acceptors (Lipinski definition) is 6. The molecule has 1 rings (SSSR count). The normalized spacial score (nSPS) is 11.1. The Morgan fingerprint density at radius 2 is 1.88 bits per heavy atom. The van der Waals surface area contributed by atoms with Crippen molar-refractivity contribution in [1.82, 2.24) is 15.0 Å². The second-order valence-corrected chi connectivity index (χ2v) is 8.50. The van der Waals surface area contributed by atoms with Crippen LogP contribution in [-0.2, 0) is 21.9 Å². The van der Waals surface area contributed by atoms with Gasteiger partial charge < -0.3 is 9.29 Å². The van der Waals surface area contributed by atoms with Gasteiger partial charge in [0.05, 0.1) is 34.5 Å². The summed E-state index contributed by atoms with van der Waals surface area (Å²) < 4.78 is 7.06. The molecule has 0 atom stereocenters. The molecule has 0 bridgehead atoms. The highest BCUT2D eigenvalue weighted by Crippen LogP contribution is 2.13. The van der Waals surface area contributed by atoms with Gasteiger partial charge >= 0.3 is 5.97 Å². The molecular formula is C16H28IN3O3S2. The summed E-state index contributed by atoms with van der Waals surface area (Å²) in [5.74, 6) is 1.13. The molecule has 0 aliphatic carbocycles. The van der Waals surface area contributed by atoms with Gasteiger partial charge in [0.1, 0.15) is 0 Å². The largest absolute Gasteiger partial charge is 0.481 e. The summed E-state index contributed by atoms with van der Waals surface area (Å²) in [6.45, 7) is 1.39. The second kappa shape index (κ2) is 16.2. The van der Waals surface area contributed by atoms with E-state index in [0.29, 0.717) is 6.61 Å². The topological polar surface area (TPSA) is 77.2 Å². The van der Waals surface area contributed by atoms with Crippen molar-refractivity contribution >= 4 is 48.2 Å². The van der Waals surface area contributed by atoms with Gasteiger partial charge in [-0.25, -0.2) is 4.68 Å². The minimum Gasteiger partial charge on any atom is -0.481 e. The average molecular weight is 501 g/mol. The van der Waals surface area contributed by atoms with Crippen molar-refractivity contribution < 1.29 is 14.1 Å². The summed E-state index contributed by atoms with van der Waals surface area (Å²) in [5, 5.41) is 16.9. The van der Waals surface area contributed by atoms with Crippen molar-refractivity contribution in [3.05, 3.63) is 11.9 Å². The monoisotopic (exact) mass is 501 g/mol. The van der Waals surface area contributed by atoms with Gasteiger partial charge in [-0.15, -0.1) is 5.10 Å². The van der Waals surface area contributed by atoms with Crippen molar-refractivity contribution in [2.24, 2.45) is 0 Å². The molecule has 1 N–H and O–H groups in total. The number of aromatic nitrogens is 3. The molecular weight excluding hydrogens is 473 g/mol. The molecule has 6 nitrogen and oxygen atoms in total. The van der Waals surface area contributed by atoms with Gasteiger partial charge in [0.25, 0.3) is 0 Å². The maximum Gasteiger partial charge on any atom is 0.304 e. The Labute approximate surface area is 171 Å². The third kappa shape index (κ3) is 13.8. The van der Waals surface area contributed by atoms with Crippen LogP contribution in [0.1, 0.15) is 57.1 Å². The van der Waals surface area contributed by atoms with Crippen LogP contribution in [0.5, 0.6) is 0 Å². The Balaban J connectivity index is 1.86. The van der Waals surface area contributed by atoms with Crippen LogP contribution in [0.2, 0.25) is 0 Å². The molecule has 0 radical (unpaired) electrons. The Hall–Kier alpha value is -0.000000000000000222. The third-order valence-corrected chi connectivity index (χ3v) is 5.80. The first kappa shape index (κ1) is 23.0. The smallest absolute Gasteiger partial charge is 0.304 e. The second-order valence-electron chi connectivity index (χ2n) is 5.84. The highest BCUT2D eigenvalue weighted by Gasteiger charge is 2.01. The van der Waals surface area contributed by atoms with E-state index in [2.05, 4.69) is 31.5 Å². The van der Waals surface area contributed by atoms with Crippen molar-refractivity contribution in [1.29, 1.82) is 0 Å². The molecule has 0 aromatic carbocycles. The third-order valence-electron chi connectivity index (χ3n) is 3.72. The number of rotatable bonds is 17. The number of carboxylic acid groups (broad SMARTS) is 1. The van der Waals surface area contributed by atoms with Crippen LogP contribution in [0.25, 0.3) is 0 Å². The zero-order valence-corrected chi connectivity index (χ0v) is 18.4. The molecule has 144 valence electrons. The Bertz CT molecular complexity index is 464. The van der Waals surface area contributed by atoms with Gasteiger partial charge in [0.15, 0.2) is 0 Å². The number of hydrogen-bond donors (Lipinski definition) is 1. The van der Waals surface area contributed by atoms with Gasteiger partial charge in [-0.1, -0.05) is 37.3 Å². The van der Waals surface area contributed by atoms with E-state index in [-0.39, 0.29) is 6.42 Å². The number of carboxylic acids is 1. The van der Waals surface area contributed by atoms with E-state index in [1.165, 1.54) is 54.2 Å². The summed E-state index contributed by atoms with van der Waals surface area (Å²) in [5.41, 5.74) is 1.07. The van der Waals surface area contributed by atoms with E-state index in [1.807, 2.05) is 10.9 Å². The molecule has 0 spiro atoms. The van der Waals surface area contributed by atoms with E-state index >= 15 is 0 Å². The number of unbranched alkanes of at least 4 members (excludes halogenated alkanes) is 6. The SMILES string of the molecule is O=C(O)CCSCCCCCCCCCc1cn(CCOSI)nn1. The highest BCUT2D eigenvalue weighted by atomic mass is 127. The molecule has 0 aliphatic heterocycles. The number of aliphatic carboxylic acids is 1. The van der Waals surface area contributed by atoms with Crippen LogP contribution in [-0.4, -0.2) is 44.2 Å². The van der Waals surface area contributed by atoms with Gasteiger partial charge in [0, 0.05) is 33.2 Å². The predicted octanol–water partition coefficient (Wildman–Crippen LogP) is 4.77. The van der Waals surface area contributed by atoms with Gasteiger partial charge in [-0.05, 0) is 25.0 Å². The van der Waals surface area contributed by atoms with Crippen molar-refractivity contribution in [3.8, 4) is 0 Å². The molecule has 1 heterocycles. The number of aryl methyl sites for hydroxylation is 1. The van der Waals surface area contributed by atoms with Gasteiger partial charge in [0.2, 0.25) is 0 Å². The summed E-state index contributed by atoms with van der Waals surface area (Å²) in [6, 6.07) is 0. The first-order chi connectivity index (χ1) is 12.2. The first-order valence-electron chi connectivity index (χ1n) is 8.81. The molecule has 0 amide bonds. The predicted molar refractivity (Wildman–Crippen MR) is 113 cm³/mol. The van der Waals surface area contributed by atoms with Crippen molar-refractivity contribution in [2.45, 2.75) is 64.3 Å². The quantitative estimate of drug-likeness (QED) is 0.187. The first-order valence-corrected chi connectivity index (χ1v) is 13.2.